The van der Waals surface area contributed by atoms with Crippen LogP contribution in [0.25, 0.3) is 44.2 Å². The number of rotatable bonds is 2. The third-order valence-corrected chi connectivity index (χ3v) is 10.4. The third-order valence-electron chi connectivity index (χ3n) is 9.51. The Balaban J connectivity index is 1.37. The van der Waals surface area contributed by atoms with Crippen molar-refractivity contribution in [3.63, 3.8) is 0 Å². The van der Waals surface area contributed by atoms with Gasteiger partial charge in [-0.25, -0.2) is 4.99 Å². The molecule has 0 fully saturated rings. The molecule has 1 atom stereocenters. The van der Waals surface area contributed by atoms with Gasteiger partial charge in [-0.1, -0.05) is 115 Å². The molecule has 0 radical (unpaired) electrons. The number of para-hydroxylation sites is 2. The largest absolute Gasteiger partial charge is 0.456 e. The summed E-state index contributed by atoms with van der Waals surface area (Å²) in [5, 5.41) is 2.17. The van der Waals surface area contributed by atoms with E-state index in [1.807, 2.05) is 30.3 Å². The summed E-state index contributed by atoms with van der Waals surface area (Å²) >= 11 is 2.33. The lowest BCUT2D eigenvalue weighted by molar-refractivity contribution is 0.669. The molecule has 7 aromatic carbocycles. The minimum atomic E-state index is -0.142. The fourth-order valence-corrected chi connectivity index (χ4v) is 7.60. The molecular formula is C46H32IN3O. The standard InChI is InChI=1S/C46H32IN3O/c1-30-32-15-10-16-33(25-32)34-17-12-22-38(27-34)50(37-20-6-3-7-21-37)39-28-41(44-40-23-8-9-24-42(40)51-43(44)29-39)35-18-11-19-36(26-35)46(48-30)49-45(47)31-13-4-2-5-14-31/h2-30H,1H3/b48-46-,49-45-. The maximum Gasteiger partial charge on any atom is 0.156 e. The Morgan fingerprint density at radius 1 is 0.588 bits per heavy atom. The molecule has 0 N–H and O–H groups in total. The smallest absolute Gasteiger partial charge is 0.156 e. The van der Waals surface area contributed by atoms with Crippen molar-refractivity contribution >= 4 is 71.1 Å². The molecule has 9 rings (SSSR count). The molecule has 4 nitrogen and oxygen atoms in total. The molecule has 2 heterocycles. The van der Waals surface area contributed by atoms with Crippen LogP contribution in [0.4, 0.5) is 17.1 Å². The van der Waals surface area contributed by atoms with Gasteiger partial charge in [0.15, 0.2) is 5.84 Å². The predicted octanol–water partition coefficient (Wildman–Crippen LogP) is 13.1. The van der Waals surface area contributed by atoms with E-state index in [9.17, 15) is 0 Å². The number of hydrogen-bond donors (Lipinski definition) is 0. The zero-order valence-electron chi connectivity index (χ0n) is 27.9. The molecule has 1 unspecified atom stereocenters. The van der Waals surface area contributed by atoms with Gasteiger partial charge in [-0.15, -0.1) is 0 Å². The van der Waals surface area contributed by atoms with Gasteiger partial charge in [-0.2, -0.15) is 0 Å². The Kier molecular flexibility index (Phi) is 8.05. The van der Waals surface area contributed by atoms with E-state index in [1.165, 1.54) is 0 Å². The fraction of sp³-hybridized carbons (Fsp3) is 0.0435. The molecule has 0 saturated heterocycles. The maximum absolute atomic E-state index is 6.62. The van der Waals surface area contributed by atoms with Crippen LogP contribution in [0.3, 0.4) is 0 Å². The van der Waals surface area contributed by atoms with Gasteiger partial charge in [0.1, 0.15) is 14.9 Å². The van der Waals surface area contributed by atoms with E-state index >= 15 is 0 Å². The molecule has 1 aromatic heterocycles. The second-order valence-electron chi connectivity index (χ2n) is 12.8. The van der Waals surface area contributed by atoms with Gasteiger partial charge >= 0.3 is 0 Å². The van der Waals surface area contributed by atoms with Crippen molar-refractivity contribution in [2.24, 2.45) is 9.98 Å². The van der Waals surface area contributed by atoms with Crippen LogP contribution in [0, 0.1) is 0 Å². The SMILES string of the molecule is CC1/N=C(\N=C(/I)c2ccccc2)c2cccc(c2)-c2cc(cc3oc4ccccc4c23)N(c2ccccc2)c2cccc(c2)-c2cccc1c2. The van der Waals surface area contributed by atoms with Crippen molar-refractivity contribution in [2.75, 3.05) is 4.90 Å². The summed E-state index contributed by atoms with van der Waals surface area (Å²) in [5.41, 5.74) is 12.4. The molecule has 1 aliphatic heterocycles. The number of nitrogens with zero attached hydrogens (tertiary/aromatic N) is 3. The number of anilines is 3. The van der Waals surface area contributed by atoms with Crippen LogP contribution in [0.1, 0.15) is 29.7 Å². The van der Waals surface area contributed by atoms with E-state index in [2.05, 4.69) is 174 Å². The van der Waals surface area contributed by atoms with Crippen molar-refractivity contribution in [3.8, 4) is 22.3 Å². The van der Waals surface area contributed by atoms with E-state index in [4.69, 9.17) is 14.4 Å². The summed E-state index contributed by atoms with van der Waals surface area (Å²) < 4.78 is 7.50. The average molecular weight is 770 g/mol. The lowest BCUT2D eigenvalue weighted by Crippen LogP contribution is -2.10. The zero-order chi connectivity index (χ0) is 34.3. The number of benzene rings is 7. The Morgan fingerprint density at radius 3 is 2.10 bits per heavy atom. The van der Waals surface area contributed by atoms with Crippen LogP contribution in [-0.2, 0) is 0 Å². The first kappa shape index (κ1) is 31.2. The van der Waals surface area contributed by atoms with Gasteiger partial charge in [0.2, 0.25) is 0 Å². The number of aliphatic imine (C=N–C) groups is 2. The van der Waals surface area contributed by atoms with Crippen LogP contribution < -0.4 is 4.90 Å². The molecule has 244 valence electrons. The summed E-state index contributed by atoms with van der Waals surface area (Å²) in [6, 6.07) is 59.6. The van der Waals surface area contributed by atoms with E-state index < -0.39 is 0 Å². The van der Waals surface area contributed by atoms with E-state index in [0.29, 0.717) is 5.84 Å². The Hall–Kier alpha value is -5.79. The molecule has 5 heteroatoms. The van der Waals surface area contributed by atoms with Crippen LogP contribution in [0.5, 0.6) is 0 Å². The Morgan fingerprint density at radius 2 is 1.25 bits per heavy atom. The van der Waals surface area contributed by atoms with Crippen molar-refractivity contribution in [1.29, 1.82) is 0 Å². The highest BCUT2D eigenvalue weighted by Gasteiger charge is 2.21. The molecule has 8 bridgehead atoms. The first-order chi connectivity index (χ1) is 25.1. The second kappa shape index (κ2) is 13.2. The fourth-order valence-electron chi connectivity index (χ4n) is 7.01. The summed E-state index contributed by atoms with van der Waals surface area (Å²) in [6.45, 7) is 2.15. The Bertz CT molecular complexity index is 2620. The number of halogens is 1. The minimum Gasteiger partial charge on any atom is -0.456 e. The van der Waals surface area contributed by atoms with Crippen molar-refractivity contribution in [3.05, 3.63) is 187 Å². The van der Waals surface area contributed by atoms with Gasteiger partial charge < -0.3 is 9.32 Å². The highest BCUT2D eigenvalue weighted by molar-refractivity contribution is 14.1. The van der Waals surface area contributed by atoms with E-state index in [-0.39, 0.29) is 6.04 Å². The lowest BCUT2D eigenvalue weighted by atomic mass is 9.95. The number of fused-ring (bicyclic) bond motifs is 14. The maximum atomic E-state index is 6.62. The molecule has 0 amide bonds. The van der Waals surface area contributed by atoms with E-state index in [0.717, 1.165) is 81.7 Å². The number of hydrogen-bond acceptors (Lipinski definition) is 4. The topological polar surface area (TPSA) is 41.1 Å². The van der Waals surface area contributed by atoms with Gasteiger partial charge in [-0.05, 0) is 106 Å². The van der Waals surface area contributed by atoms with Crippen LogP contribution in [0.2, 0.25) is 0 Å². The molecule has 1 aliphatic rings. The predicted molar refractivity (Wildman–Crippen MR) is 221 cm³/mol. The number of amidine groups is 1. The van der Waals surface area contributed by atoms with Crippen molar-refractivity contribution in [1.82, 2.24) is 0 Å². The quantitative estimate of drug-likeness (QED) is 0.130. The lowest BCUT2D eigenvalue weighted by Gasteiger charge is -2.27. The van der Waals surface area contributed by atoms with Gasteiger partial charge in [0.25, 0.3) is 0 Å². The van der Waals surface area contributed by atoms with Crippen molar-refractivity contribution in [2.45, 2.75) is 13.0 Å². The summed E-state index contributed by atoms with van der Waals surface area (Å²) in [5.74, 6) is 0.687. The van der Waals surface area contributed by atoms with Crippen LogP contribution >= 0.6 is 22.6 Å². The second-order valence-corrected chi connectivity index (χ2v) is 13.8. The molecule has 0 aliphatic carbocycles. The summed E-state index contributed by atoms with van der Waals surface area (Å²) in [6.07, 6.45) is 0. The van der Waals surface area contributed by atoms with Crippen molar-refractivity contribution < 1.29 is 4.42 Å². The average Bonchev–Trinajstić information content (AvgIpc) is 3.57. The normalized spacial score (nSPS) is 15.5. The van der Waals surface area contributed by atoms with Gasteiger partial charge in [-0.3, -0.25) is 4.99 Å². The summed E-state index contributed by atoms with van der Waals surface area (Å²) in [7, 11) is 0. The molecular weight excluding hydrogens is 737 g/mol. The molecule has 51 heavy (non-hydrogen) atoms. The van der Waals surface area contributed by atoms with Crippen LogP contribution in [-0.4, -0.2) is 9.55 Å². The Labute approximate surface area is 310 Å². The first-order valence-electron chi connectivity index (χ1n) is 17.1. The van der Waals surface area contributed by atoms with E-state index in [1.54, 1.807) is 0 Å². The monoisotopic (exact) mass is 769 g/mol. The number of furan rings is 1. The first-order valence-corrected chi connectivity index (χ1v) is 18.2. The highest BCUT2D eigenvalue weighted by atomic mass is 127. The van der Waals surface area contributed by atoms with Crippen LogP contribution in [0.15, 0.2) is 184 Å². The summed E-state index contributed by atoms with van der Waals surface area (Å²) in [4.78, 5) is 12.9. The minimum absolute atomic E-state index is 0.142. The molecule has 8 aromatic rings. The molecule has 0 saturated carbocycles. The van der Waals surface area contributed by atoms with Gasteiger partial charge in [0, 0.05) is 39.3 Å². The highest BCUT2D eigenvalue weighted by Crippen LogP contribution is 2.44. The third kappa shape index (κ3) is 5.93. The zero-order valence-corrected chi connectivity index (χ0v) is 30.0. The van der Waals surface area contributed by atoms with Gasteiger partial charge in [0.05, 0.1) is 11.7 Å². The molecule has 0 spiro atoms.